The van der Waals surface area contributed by atoms with E-state index in [0.717, 1.165) is 12.8 Å². The molecule has 7 heteroatoms. The number of aromatic nitrogens is 2. The fourth-order valence-corrected chi connectivity index (χ4v) is 3.12. The number of hydrogen-bond acceptors (Lipinski definition) is 7. The molecule has 2 aromatic rings. The van der Waals surface area contributed by atoms with Crippen LogP contribution in [0.3, 0.4) is 0 Å². The number of hydrogen-bond donors (Lipinski definition) is 2. The summed E-state index contributed by atoms with van der Waals surface area (Å²) in [7, 11) is -5.70. The summed E-state index contributed by atoms with van der Waals surface area (Å²) < 4.78 is 61.5. The van der Waals surface area contributed by atoms with Crippen molar-refractivity contribution in [1.82, 2.24) is 9.97 Å². The summed E-state index contributed by atoms with van der Waals surface area (Å²) in [5.41, 5.74) is 13.2. The van der Waals surface area contributed by atoms with Gasteiger partial charge in [-0.15, -0.1) is 0 Å². The molecular weight excluding hydrogens is 332 g/mol. The van der Waals surface area contributed by atoms with Crippen molar-refractivity contribution in [3.63, 3.8) is 0 Å². The summed E-state index contributed by atoms with van der Waals surface area (Å²) in [6.07, 6.45) is 7.08. The second-order valence-electron chi connectivity index (χ2n) is 6.40. The second-order valence-corrected chi connectivity index (χ2v) is 6.40. The molecular formula is C19H22N4O3. The third kappa shape index (κ3) is 2.89. The molecule has 1 saturated carbocycles. The van der Waals surface area contributed by atoms with E-state index in [2.05, 4.69) is 9.97 Å². The van der Waals surface area contributed by atoms with Gasteiger partial charge in [-0.2, -0.15) is 4.98 Å². The predicted octanol–water partition coefficient (Wildman–Crippen LogP) is 2.43. The lowest BCUT2D eigenvalue weighted by molar-refractivity contribution is 0.209. The van der Waals surface area contributed by atoms with Gasteiger partial charge in [-0.25, -0.2) is 4.98 Å². The molecule has 1 atom stereocenters. The van der Waals surface area contributed by atoms with Gasteiger partial charge in [-0.05, 0) is 36.5 Å². The fraction of sp³-hybridized carbons (Fsp3) is 0.368. The van der Waals surface area contributed by atoms with E-state index in [1.165, 1.54) is 12.3 Å². The SMILES string of the molecule is [2H]C([2H])([2H])Oc1cc(Cc2cnc(N)nc2N)c2c(c1OC([2H])([2H])[2H])OC(C1CC1)C=C2. The highest BCUT2D eigenvalue weighted by atomic mass is 16.5. The van der Waals surface area contributed by atoms with Crippen LogP contribution in [-0.2, 0) is 6.42 Å². The maximum atomic E-state index is 7.54. The lowest BCUT2D eigenvalue weighted by atomic mass is 9.96. The minimum absolute atomic E-state index is 0.0247. The van der Waals surface area contributed by atoms with E-state index in [-0.39, 0.29) is 41.5 Å². The lowest BCUT2D eigenvalue weighted by Gasteiger charge is -2.26. The van der Waals surface area contributed by atoms with E-state index in [1.807, 2.05) is 12.2 Å². The highest BCUT2D eigenvalue weighted by Crippen LogP contribution is 2.48. The van der Waals surface area contributed by atoms with E-state index >= 15 is 0 Å². The Kier molecular flexibility index (Phi) is 2.68. The molecule has 0 bridgehead atoms. The maximum absolute atomic E-state index is 7.54. The molecule has 4 rings (SSSR count). The van der Waals surface area contributed by atoms with Crippen molar-refractivity contribution in [2.75, 3.05) is 25.5 Å². The molecule has 0 amide bonds. The number of benzene rings is 1. The van der Waals surface area contributed by atoms with Crippen molar-refractivity contribution >= 4 is 17.8 Å². The summed E-state index contributed by atoms with van der Waals surface area (Å²) in [4.78, 5) is 7.90. The molecule has 1 aliphatic heterocycles. The minimum Gasteiger partial charge on any atom is -0.493 e. The van der Waals surface area contributed by atoms with Crippen LogP contribution in [0.1, 0.15) is 37.8 Å². The zero-order valence-electron chi connectivity index (χ0n) is 19.9. The standard InChI is InChI=1S/C19H22N4O3/c1-24-15-8-11(7-12-9-22-19(21)23-18(12)20)13-5-6-14(10-3-4-10)26-16(13)17(15)25-2/h5-6,8-10,14H,3-4,7H2,1-2H3,(H4,20,21,22,23)/i1D3,2D3. The van der Waals surface area contributed by atoms with Gasteiger partial charge in [0, 0.05) is 23.7 Å². The molecule has 1 aromatic heterocycles. The molecule has 2 aliphatic rings. The molecule has 1 unspecified atom stereocenters. The van der Waals surface area contributed by atoms with E-state index in [9.17, 15) is 0 Å². The summed E-state index contributed by atoms with van der Waals surface area (Å²) in [6.45, 7) is 0. The van der Waals surface area contributed by atoms with Crippen molar-refractivity contribution in [1.29, 1.82) is 0 Å². The molecule has 0 radical (unpaired) electrons. The summed E-state index contributed by atoms with van der Waals surface area (Å²) >= 11 is 0. The van der Waals surface area contributed by atoms with E-state index in [4.69, 9.17) is 33.9 Å². The summed E-state index contributed by atoms with van der Waals surface area (Å²) in [5, 5.41) is 0. The van der Waals surface area contributed by atoms with Gasteiger partial charge in [0.15, 0.2) is 11.5 Å². The van der Waals surface area contributed by atoms with Gasteiger partial charge in [0.25, 0.3) is 0 Å². The Balaban J connectivity index is 1.85. The topological polar surface area (TPSA) is 106 Å². The fourth-order valence-electron chi connectivity index (χ4n) is 3.12. The zero-order chi connectivity index (χ0) is 23.3. The monoisotopic (exact) mass is 360 g/mol. The number of fused-ring (bicyclic) bond motifs is 1. The summed E-state index contributed by atoms with van der Waals surface area (Å²) in [5.74, 6) is 0.0654. The Morgan fingerprint density at radius 1 is 1.27 bits per heavy atom. The molecule has 4 N–H and O–H groups in total. The first-order valence-electron chi connectivity index (χ1n) is 11.2. The zero-order valence-corrected chi connectivity index (χ0v) is 13.9. The first kappa shape index (κ1) is 10.9. The molecule has 136 valence electrons. The highest BCUT2D eigenvalue weighted by molar-refractivity contribution is 5.72. The molecule has 1 fully saturated rings. The Morgan fingerprint density at radius 2 is 2.12 bits per heavy atom. The highest BCUT2D eigenvalue weighted by Gasteiger charge is 2.35. The molecule has 26 heavy (non-hydrogen) atoms. The summed E-state index contributed by atoms with van der Waals surface area (Å²) in [6, 6.07) is 1.41. The van der Waals surface area contributed by atoms with Crippen LogP contribution in [0.2, 0.25) is 0 Å². The van der Waals surface area contributed by atoms with Crippen LogP contribution in [0, 0.1) is 5.92 Å². The molecule has 0 spiro atoms. The van der Waals surface area contributed by atoms with E-state index in [0.29, 0.717) is 22.6 Å². The van der Waals surface area contributed by atoms with Crippen molar-refractivity contribution in [2.45, 2.75) is 25.4 Å². The Bertz CT molecular complexity index is 1070. The van der Waals surface area contributed by atoms with Gasteiger partial charge in [0.05, 0.1) is 22.3 Å². The minimum atomic E-state index is -2.85. The average Bonchev–Trinajstić information content (AvgIpc) is 3.49. The van der Waals surface area contributed by atoms with Gasteiger partial charge in [-0.1, -0.05) is 6.08 Å². The molecule has 1 aliphatic carbocycles. The van der Waals surface area contributed by atoms with Crippen molar-refractivity contribution in [2.24, 2.45) is 5.92 Å². The molecule has 2 heterocycles. The Morgan fingerprint density at radius 3 is 2.85 bits per heavy atom. The number of nitrogens with two attached hydrogens (primary N) is 2. The predicted molar refractivity (Wildman–Crippen MR) is 99.4 cm³/mol. The van der Waals surface area contributed by atoms with E-state index < -0.39 is 14.1 Å². The lowest BCUT2D eigenvalue weighted by Crippen LogP contribution is -2.20. The van der Waals surface area contributed by atoms with Crippen LogP contribution < -0.4 is 25.7 Å². The van der Waals surface area contributed by atoms with Crippen LogP contribution in [0.15, 0.2) is 18.3 Å². The smallest absolute Gasteiger partial charge is 0.221 e. The number of rotatable bonds is 5. The Hall–Kier alpha value is -2.96. The quantitative estimate of drug-likeness (QED) is 0.843. The van der Waals surface area contributed by atoms with Crippen molar-refractivity contribution in [3.05, 3.63) is 35.0 Å². The number of nitrogen functional groups attached to an aromatic ring is 2. The van der Waals surface area contributed by atoms with Crippen molar-refractivity contribution < 1.29 is 22.4 Å². The van der Waals surface area contributed by atoms with Gasteiger partial charge in [0.1, 0.15) is 11.9 Å². The first-order valence-corrected chi connectivity index (χ1v) is 8.19. The normalized spacial score (nSPS) is 22.5. The van der Waals surface area contributed by atoms with Gasteiger partial charge >= 0.3 is 0 Å². The van der Waals surface area contributed by atoms with Crippen molar-refractivity contribution in [3.8, 4) is 17.2 Å². The second kappa shape index (κ2) is 6.40. The van der Waals surface area contributed by atoms with Crippen LogP contribution in [0.25, 0.3) is 6.08 Å². The Labute approximate surface area is 160 Å². The van der Waals surface area contributed by atoms with Crippen LogP contribution >= 0.6 is 0 Å². The average molecular weight is 360 g/mol. The van der Waals surface area contributed by atoms with Gasteiger partial charge in [-0.3, -0.25) is 0 Å². The number of nitrogens with zero attached hydrogens (tertiary/aromatic N) is 2. The van der Waals surface area contributed by atoms with Gasteiger partial charge in [0.2, 0.25) is 11.7 Å². The largest absolute Gasteiger partial charge is 0.493 e. The van der Waals surface area contributed by atoms with Crippen LogP contribution in [-0.4, -0.2) is 30.1 Å². The number of ether oxygens (including phenoxy) is 3. The first-order chi connectivity index (χ1) is 14.9. The molecule has 0 saturated heterocycles. The third-order valence-corrected chi connectivity index (χ3v) is 4.63. The maximum Gasteiger partial charge on any atom is 0.221 e. The van der Waals surface area contributed by atoms with E-state index in [1.54, 1.807) is 0 Å². The molecule has 1 aromatic carbocycles. The molecule has 7 nitrogen and oxygen atoms in total. The van der Waals surface area contributed by atoms with Crippen LogP contribution in [0.4, 0.5) is 11.8 Å². The van der Waals surface area contributed by atoms with Crippen LogP contribution in [0.5, 0.6) is 17.2 Å². The third-order valence-electron chi connectivity index (χ3n) is 4.63. The number of anilines is 2. The number of methoxy groups -OCH3 is 2. The van der Waals surface area contributed by atoms with Gasteiger partial charge < -0.3 is 25.7 Å².